The van der Waals surface area contributed by atoms with Gasteiger partial charge in [0.1, 0.15) is 17.2 Å². The van der Waals surface area contributed by atoms with E-state index in [-0.39, 0.29) is 11.9 Å². The van der Waals surface area contributed by atoms with Crippen LogP contribution in [0, 0.1) is 5.82 Å². The summed E-state index contributed by atoms with van der Waals surface area (Å²) in [7, 11) is 1.83. The zero-order chi connectivity index (χ0) is 14.1. The van der Waals surface area contributed by atoms with E-state index in [4.69, 9.17) is 4.42 Å². The Morgan fingerprint density at radius 3 is 2.65 bits per heavy atom. The number of hydrogen-bond donors (Lipinski definition) is 1. The lowest BCUT2D eigenvalue weighted by molar-refractivity contribution is 0.489. The first-order valence-corrected chi connectivity index (χ1v) is 7.09. The zero-order valence-corrected chi connectivity index (χ0v) is 12.4. The van der Waals surface area contributed by atoms with Gasteiger partial charge in [-0.25, -0.2) is 4.39 Å². The highest BCUT2D eigenvalue weighted by Gasteiger charge is 2.18. The van der Waals surface area contributed by atoms with Crippen molar-refractivity contribution in [3.63, 3.8) is 0 Å². The largest absolute Gasteiger partial charge is 0.458 e. The molecular formula is C16H13BrFNO. The Bertz CT molecular complexity index is 753. The van der Waals surface area contributed by atoms with Gasteiger partial charge in [0, 0.05) is 5.39 Å². The van der Waals surface area contributed by atoms with Crippen LogP contribution >= 0.6 is 15.9 Å². The van der Waals surface area contributed by atoms with Gasteiger partial charge in [-0.1, -0.05) is 24.3 Å². The summed E-state index contributed by atoms with van der Waals surface area (Å²) in [5.74, 6) is 0.514. The molecule has 1 N–H and O–H groups in total. The molecule has 0 spiro atoms. The number of para-hydroxylation sites is 1. The molecule has 0 radical (unpaired) electrons. The van der Waals surface area contributed by atoms with Gasteiger partial charge in [-0.3, -0.25) is 0 Å². The molecule has 1 heterocycles. The molecule has 0 fully saturated rings. The number of furan rings is 1. The second-order valence-corrected chi connectivity index (χ2v) is 5.44. The van der Waals surface area contributed by atoms with Crippen LogP contribution in [0.4, 0.5) is 4.39 Å². The van der Waals surface area contributed by atoms with Gasteiger partial charge < -0.3 is 9.73 Å². The Labute approximate surface area is 124 Å². The first-order valence-electron chi connectivity index (χ1n) is 6.29. The molecule has 1 atom stereocenters. The van der Waals surface area contributed by atoms with Crippen molar-refractivity contribution in [1.29, 1.82) is 0 Å². The summed E-state index contributed by atoms with van der Waals surface area (Å²) in [4.78, 5) is 0. The minimum Gasteiger partial charge on any atom is -0.458 e. The normalized spacial score (nSPS) is 12.8. The topological polar surface area (TPSA) is 25.2 Å². The van der Waals surface area contributed by atoms with Crippen LogP contribution in [0.2, 0.25) is 0 Å². The SMILES string of the molecule is CNC(c1cccc(F)c1)c1cc2cccc(Br)c2o1. The molecule has 0 amide bonds. The van der Waals surface area contributed by atoms with E-state index in [0.29, 0.717) is 0 Å². The molecule has 0 bridgehead atoms. The maximum atomic E-state index is 13.4. The molecule has 4 heteroatoms. The van der Waals surface area contributed by atoms with E-state index in [0.717, 1.165) is 26.8 Å². The highest BCUT2D eigenvalue weighted by atomic mass is 79.9. The van der Waals surface area contributed by atoms with Crippen molar-refractivity contribution in [1.82, 2.24) is 5.32 Å². The summed E-state index contributed by atoms with van der Waals surface area (Å²) in [5, 5.41) is 4.19. The molecule has 2 nitrogen and oxygen atoms in total. The van der Waals surface area contributed by atoms with Crippen molar-refractivity contribution in [3.05, 3.63) is 70.1 Å². The fourth-order valence-electron chi connectivity index (χ4n) is 2.35. The van der Waals surface area contributed by atoms with E-state index in [1.807, 2.05) is 37.4 Å². The molecule has 0 aliphatic carbocycles. The molecule has 1 aromatic heterocycles. The third kappa shape index (κ3) is 2.37. The van der Waals surface area contributed by atoms with Crippen LogP contribution in [0.25, 0.3) is 11.0 Å². The van der Waals surface area contributed by atoms with Crippen LogP contribution in [0.15, 0.2) is 57.4 Å². The Hall–Kier alpha value is -1.65. The Balaban J connectivity index is 2.09. The lowest BCUT2D eigenvalue weighted by Crippen LogP contribution is -2.17. The second kappa shape index (κ2) is 5.38. The van der Waals surface area contributed by atoms with Gasteiger partial charge in [0.25, 0.3) is 0 Å². The van der Waals surface area contributed by atoms with Crippen LogP contribution in [0.1, 0.15) is 17.4 Å². The molecule has 2 aromatic carbocycles. The minimum atomic E-state index is -0.250. The van der Waals surface area contributed by atoms with Crippen molar-refractivity contribution in [2.75, 3.05) is 7.05 Å². The van der Waals surface area contributed by atoms with Crippen LogP contribution in [0.5, 0.6) is 0 Å². The summed E-state index contributed by atoms with van der Waals surface area (Å²) < 4.78 is 20.2. The number of fused-ring (bicyclic) bond motifs is 1. The molecule has 3 aromatic rings. The van der Waals surface area contributed by atoms with E-state index >= 15 is 0 Å². The first-order chi connectivity index (χ1) is 9.69. The first kappa shape index (κ1) is 13.3. The predicted octanol–water partition coefficient (Wildman–Crippen LogP) is 4.64. The van der Waals surface area contributed by atoms with Gasteiger partial charge >= 0.3 is 0 Å². The Morgan fingerprint density at radius 1 is 1.15 bits per heavy atom. The quantitative estimate of drug-likeness (QED) is 0.755. The Kier molecular flexibility index (Phi) is 3.59. The molecule has 0 saturated heterocycles. The van der Waals surface area contributed by atoms with E-state index in [1.54, 1.807) is 6.07 Å². The van der Waals surface area contributed by atoms with Crippen molar-refractivity contribution < 1.29 is 8.81 Å². The highest BCUT2D eigenvalue weighted by molar-refractivity contribution is 9.10. The second-order valence-electron chi connectivity index (χ2n) is 4.58. The van der Waals surface area contributed by atoms with Crippen molar-refractivity contribution in [3.8, 4) is 0 Å². The minimum absolute atomic E-state index is 0.176. The van der Waals surface area contributed by atoms with Crippen LogP contribution in [0.3, 0.4) is 0 Å². The molecule has 20 heavy (non-hydrogen) atoms. The van der Waals surface area contributed by atoms with Gasteiger partial charge in [-0.2, -0.15) is 0 Å². The standard InChI is InChI=1S/C16H13BrFNO/c1-19-15(10-4-2-6-12(18)8-10)14-9-11-5-3-7-13(17)16(11)20-14/h2-9,15,19H,1H3. The smallest absolute Gasteiger partial charge is 0.148 e. The summed E-state index contributed by atoms with van der Waals surface area (Å²) in [6.45, 7) is 0. The summed E-state index contributed by atoms with van der Waals surface area (Å²) >= 11 is 3.47. The lowest BCUT2D eigenvalue weighted by atomic mass is 10.0. The zero-order valence-electron chi connectivity index (χ0n) is 10.9. The third-order valence-electron chi connectivity index (χ3n) is 3.27. The lowest BCUT2D eigenvalue weighted by Gasteiger charge is -2.13. The molecule has 0 saturated carbocycles. The van der Waals surface area contributed by atoms with Gasteiger partial charge in [0.15, 0.2) is 0 Å². The number of rotatable bonds is 3. The van der Waals surface area contributed by atoms with Gasteiger partial charge in [-0.15, -0.1) is 0 Å². The average Bonchev–Trinajstić information content (AvgIpc) is 2.85. The van der Waals surface area contributed by atoms with Gasteiger partial charge in [0.2, 0.25) is 0 Å². The number of halogens is 2. The molecule has 0 aliphatic heterocycles. The van der Waals surface area contributed by atoms with Crippen molar-refractivity contribution in [2.45, 2.75) is 6.04 Å². The van der Waals surface area contributed by atoms with Crippen LogP contribution in [-0.2, 0) is 0 Å². The summed E-state index contributed by atoms with van der Waals surface area (Å²) in [6.07, 6.45) is 0. The molecule has 1 unspecified atom stereocenters. The number of benzene rings is 2. The number of hydrogen-bond acceptors (Lipinski definition) is 2. The third-order valence-corrected chi connectivity index (χ3v) is 3.89. The van der Waals surface area contributed by atoms with E-state index < -0.39 is 0 Å². The van der Waals surface area contributed by atoms with E-state index in [9.17, 15) is 4.39 Å². The van der Waals surface area contributed by atoms with Crippen molar-refractivity contribution in [2.24, 2.45) is 0 Å². The molecule has 0 aliphatic rings. The van der Waals surface area contributed by atoms with Crippen LogP contribution in [-0.4, -0.2) is 7.05 Å². The summed E-state index contributed by atoms with van der Waals surface area (Å²) in [6, 6.07) is 14.2. The van der Waals surface area contributed by atoms with Crippen molar-refractivity contribution >= 4 is 26.9 Å². The molecular weight excluding hydrogens is 321 g/mol. The summed E-state index contributed by atoms with van der Waals surface area (Å²) in [5.41, 5.74) is 1.64. The Morgan fingerprint density at radius 2 is 1.95 bits per heavy atom. The predicted molar refractivity (Wildman–Crippen MR) is 81.2 cm³/mol. The van der Waals surface area contributed by atoms with E-state index in [1.165, 1.54) is 12.1 Å². The fraction of sp³-hybridized carbons (Fsp3) is 0.125. The maximum Gasteiger partial charge on any atom is 0.148 e. The fourth-order valence-corrected chi connectivity index (χ4v) is 2.81. The average molecular weight is 334 g/mol. The molecule has 102 valence electrons. The highest BCUT2D eigenvalue weighted by Crippen LogP contribution is 2.32. The van der Waals surface area contributed by atoms with Gasteiger partial charge in [0.05, 0.1) is 10.5 Å². The maximum absolute atomic E-state index is 13.4. The number of nitrogens with one attached hydrogen (secondary N) is 1. The monoisotopic (exact) mass is 333 g/mol. The molecule has 3 rings (SSSR count). The van der Waals surface area contributed by atoms with Crippen LogP contribution < -0.4 is 5.32 Å². The van der Waals surface area contributed by atoms with Gasteiger partial charge in [-0.05, 0) is 52.8 Å². The van der Waals surface area contributed by atoms with E-state index in [2.05, 4.69) is 21.2 Å².